The Kier molecular flexibility index (Phi) is 6.03. The Hall–Kier alpha value is -3.53. The van der Waals surface area contributed by atoms with Crippen molar-refractivity contribution in [3.8, 4) is 0 Å². The van der Waals surface area contributed by atoms with E-state index in [2.05, 4.69) is 15.9 Å². The second-order valence-corrected chi connectivity index (χ2v) is 8.49. The zero-order valence-electron chi connectivity index (χ0n) is 17.6. The van der Waals surface area contributed by atoms with Gasteiger partial charge in [0.25, 0.3) is 5.69 Å². The number of carbonyl (C=O) groups excluding carboxylic acids is 3. The van der Waals surface area contributed by atoms with Crippen molar-refractivity contribution in [2.45, 2.75) is 12.1 Å². The number of carbonyl (C=O) groups is 3. The normalized spacial score (nSPS) is 22.8. The van der Waals surface area contributed by atoms with Gasteiger partial charge in [-0.2, -0.15) is 0 Å². The lowest BCUT2D eigenvalue weighted by Gasteiger charge is -2.33. The molecular weight excluding hydrogens is 496 g/mol. The van der Waals surface area contributed by atoms with Crippen molar-refractivity contribution in [3.05, 3.63) is 79.9 Å². The average molecular weight is 515 g/mol. The molecule has 0 aliphatic carbocycles. The number of esters is 2. The molecule has 33 heavy (non-hydrogen) atoms. The average Bonchev–Trinajstić information content (AvgIpc) is 3.18. The predicted molar refractivity (Wildman–Crippen MR) is 120 cm³/mol. The third-order valence-corrected chi connectivity index (χ3v) is 6.79. The van der Waals surface area contributed by atoms with Crippen molar-refractivity contribution < 1.29 is 28.8 Å². The van der Waals surface area contributed by atoms with E-state index in [9.17, 15) is 24.5 Å². The zero-order chi connectivity index (χ0) is 23.9. The fourth-order valence-electron chi connectivity index (χ4n) is 4.74. The molecule has 0 N–H and O–H groups in total. The lowest BCUT2D eigenvalue weighted by molar-refractivity contribution is -0.386. The van der Waals surface area contributed by atoms with Crippen molar-refractivity contribution in [2.24, 2.45) is 11.8 Å². The summed E-state index contributed by atoms with van der Waals surface area (Å²) >= 11 is 3.41. The first-order valence-corrected chi connectivity index (χ1v) is 10.8. The Morgan fingerprint density at radius 2 is 1.64 bits per heavy atom. The number of benzene rings is 2. The molecule has 4 atom stereocenters. The minimum absolute atomic E-state index is 0.224. The molecule has 2 aromatic carbocycles. The third kappa shape index (κ3) is 3.60. The maximum Gasteiger partial charge on any atom is 0.312 e. The first kappa shape index (κ1) is 22.7. The summed E-state index contributed by atoms with van der Waals surface area (Å²) in [5, 5.41) is 11.9. The SMILES string of the molecule is COC(=O)C1C(C(=O)OC)C2c3c([N+](=O)[O-])ccc(Br)c3C=CN2C1C(=O)c1ccccc1. The molecule has 0 saturated carbocycles. The second-order valence-electron chi connectivity index (χ2n) is 7.63. The van der Waals surface area contributed by atoms with Crippen molar-refractivity contribution in [3.63, 3.8) is 0 Å². The second kappa shape index (κ2) is 8.78. The number of ether oxygens (including phenoxy) is 2. The maximum absolute atomic E-state index is 13.6. The number of nitro groups is 1. The van der Waals surface area contributed by atoms with Crippen LogP contribution in [0.5, 0.6) is 0 Å². The molecule has 0 spiro atoms. The molecule has 4 rings (SSSR count). The summed E-state index contributed by atoms with van der Waals surface area (Å²) in [5.41, 5.74) is 0.835. The van der Waals surface area contributed by atoms with Gasteiger partial charge in [-0.15, -0.1) is 0 Å². The van der Waals surface area contributed by atoms with E-state index in [4.69, 9.17) is 9.47 Å². The van der Waals surface area contributed by atoms with E-state index in [0.717, 1.165) is 0 Å². The van der Waals surface area contributed by atoms with E-state index in [0.29, 0.717) is 15.6 Å². The Bertz CT molecular complexity index is 1180. The molecule has 0 aromatic heterocycles. The molecule has 170 valence electrons. The summed E-state index contributed by atoms with van der Waals surface area (Å²) in [4.78, 5) is 52.5. The van der Waals surface area contributed by atoms with Gasteiger partial charge in [-0.3, -0.25) is 24.5 Å². The molecule has 9 nitrogen and oxygen atoms in total. The molecule has 10 heteroatoms. The smallest absolute Gasteiger partial charge is 0.312 e. The monoisotopic (exact) mass is 514 g/mol. The molecule has 2 aromatic rings. The van der Waals surface area contributed by atoms with Crippen molar-refractivity contribution in [1.29, 1.82) is 0 Å². The number of halogens is 1. The Morgan fingerprint density at radius 1 is 1.00 bits per heavy atom. The summed E-state index contributed by atoms with van der Waals surface area (Å²) in [7, 11) is 2.34. The number of Topliss-reactive ketones (excluding diaryl/α,β-unsaturated/α-hetero) is 1. The van der Waals surface area contributed by atoms with E-state index in [-0.39, 0.29) is 11.3 Å². The fraction of sp³-hybridized carbons (Fsp3) is 0.261. The van der Waals surface area contributed by atoms with E-state index in [1.54, 1.807) is 53.6 Å². The molecule has 4 unspecified atom stereocenters. The molecule has 0 amide bonds. The van der Waals surface area contributed by atoms with Crippen LogP contribution in [0.2, 0.25) is 0 Å². The summed E-state index contributed by atoms with van der Waals surface area (Å²) in [6.45, 7) is 0. The van der Waals surface area contributed by atoms with Gasteiger partial charge in [0.15, 0.2) is 5.78 Å². The highest BCUT2D eigenvalue weighted by atomic mass is 79.9. The minimum atomic E-state index is -1.24. The number of nitrogens with zero attached hydrogens (tertiary/aromatic N) is 2. The van der Waals surface area contributed by atoms with E-state index in [1.807, 2.05) is 0 Å². The van der Waals surface area contributed by atoms with Gasteiger partial charge in [-0.1, -0.05) is 46.3 Å². The van der Waals surface area contributed by atoms with Crippen LogP contribution in [0.4, 0.5) is 5.69 Å². The van der Waals surface area contributed by atoms with Gasteiger partial charge in [0.05, 0.1) is 36.7 Å². The highest BCUT2D eigenvalue weighted by molar-refractivity contribution is 9.10. The number of ketones is 1. The molecule has 0 bridgehead atoms. The van der Waals surface area contributed by atoms with Crippen LogP contribution in [0, 0.1) is 22.0 Å². The quantitative estimate of drug-likeness (QED) is 0.257. The van der Waals surface area contributed by atoms with Crippen LogP contribution in [0.15, 0.2) is 53.1 Å². The van der Waals surface area contributed by atoms with Gasteiger partial charge < -0.3 is 14.4 Å². The van der Waals surface area contributed by atoms with E-state index < -0.39 is 46.6 Å². The van der Waals surface area contributed by atoms with Gasteiger partial charge in [0.1, 0.15) is 12.0 Å². The molecule has 2 heterocycles. The van der Waals surface area contributed by atoms with Crippen LogP contribution in [0.3, 0.4) is 0 Å². The van der Waals surface area contributed by atoms with Crippen molar-refractivity contribution in [2.75, 3.05) is 14.2 Å². The van der Waals surface area contributed by atoms with Gasteiger partial charge in [0.2, 0.25) is 0 Å². The molecule has 1 fully saturated rings. The molecule has 0 radical (unpaired) electrons. The topological polar surface area (TPSA) is 116 Å². The highest BCUT2D eigenvalue weighted by Gasteiger charge is 2.60. The van der Waals surface area contributed by atoms with Gasteiger partial charge in [-0.25, -0.2) is 0 Å². The van der Waals surface area contributed by atoms with Crippen LogP contribution < -0.4 is 0 Å². The first-order chi connectivity index (χ1) is 15.8. The molecule has 2 aliphatic heterocycles. The zero-order valence-corrected chi connectivity index (χ0v) is 19.2. The lowest BCUT2D eigenvalue weighted by atomic mass is 9.81. The van der Waals surface area contributed by atoms with Crippen LogP contribution in [0.25, 0.3) is 6.08 Å². The first-order valence-electron chi connectivity index (χ1n) is 9.99. The summed E-state index contributed by atoms with van der Waals surface area (Å²) in [6.07, 6.45) is 3.22. The summed E-state index contributed by atoms with van der Waals surface area (Å²) < 4.78 is 10.6. The minimum Gasteiger partial charge on any atom is -0.469 e. The van der Waals surface area contributed by atoms with Crippen LogP contribution in [-0.4, -0.2) is 47.8 Å². The van der Waals surface area contributed by atoms with Crippen molar-refractivity contribution in [1.82, 2.24) is 4.90 Å². The van der Waals surface area contributed by atoms with E-state index in [1.165, 1.54) is 20.3 Å². The Labute approximate surface area is 197 Å². The highest BCUT2D eigenvalue weighted by Crippen LogP contribution is 2.53. The van der Waals surface area contributed by atoms with Crippen molar-refractivity contribution >= 4 is 45.4 Å². The fourth-order valence-corrected chi connectivity index (χ4v) is 5.22. The van der Waals surface area contributed by atoms with Gasteiger partial charge in [-0.05, 0) is 12.1 Å². The van der Waals surface area contributed by atoms with E-state index >= 15 is 0 Å². The molecular formula is C23H19BrN2O7. The molecule has 1 saturated heterocycles. The summed E-state index contributed by atoms with van der Waals surface area (Å²) in [5.74, 6) is -4.40. The Balaban J connectivity index is 1.98. The van der Waals surface area contributed by atoms with Gasteiger partial charge >= 0.3 is 11.9 Å². The van der Waals surface area contributed by atoms with Gasteiger partial charge in [0, 0.05) is 27.9 Å². The summed E-state index contributed by atoms with van der Waals surface area (Å²) in [6, 6.07) is 9.10. The number of fused-ring (bicyclic) bond motifs is 3. The standard InChI is InChI=1S/C23H19BrN2O7/c1-32-22(28)17-18(23(29)33-2)20(21(27)12-6-4-3-5-7-12)25-11-10-13-14(24)8-9-15(26(30)31)16(13)19(17)25/h3-11,17-20H,1-2H3. The number of hydrogen-bond acceptors (Lipinski definition) is 8. The van der Waals surface area contributed by atoms with Crippen LogP contribution in [-0.2, 0) is 19.1 Å². The number of hydrogen-bond donors (Lipinski definition) is 0. The van der Waals surface area contributed by atoms with Crippen LogP contribution >= 0.6 is 15.9 Å². The number of rotatable bonds is 5. The van der Waals surface area contributed by atoms with Crippen LogP contribution in [0.1, 0.15) is 27.5 Å². The molecule has 2 aliphatic rings. The third-order valence-electron chi connectivity index (χ3n) is 6.10. The predicted octanol–water partition coefficient (Wildman–Crippen LogP) is 3.53. The Morgan fingerprint density at radius 3 is 2.24 bits per heavy atom. The lowest BCUT2D eigenvalue weighted by Crippen LogP contribution is -2.42. The largest absolute Gasteiger partial charge is 0.469 e. The maximum atomic E-state index is 13.6. The number of methoxy groups -OCH3 is 2. The number of nitro benzene ring substituents is 1.